The summed E-state index contributed by atoms with van der Waals surface area (Å²) in [6, 6.07) is 2.23. The van der Waals surface area contributed by atoms with Crippen molar-refractivity contribution in [3.8, 4) is 0 Å². The molecule has 0 fully saturated rings. The first-order valence-corrected chi connectivity index (χ1v) is 6.64. The van der Waals surface area contributed by atoms with Crippen molar-refractivity contribution in [2.75, 3.05) is 0 Å². The third-order valence-corrected chi connectivity index (χ3v) is 4.48. The lowest BCUT2D eigenvalue weighted by atomic mass is 9.88. The Balaban J connectivity index is 2.16. The summed E-state index contributed by atoms with van der Waals surface area (Å²) in [5.41, 5.74) is 0.820. The van der Waals surface area contributed by atoms with Crippen LogP contribution in [0.15, 0.2) is 6.07 Å². The molecule has 2 rings (SSSR count). The Bertz CT molecular complexity index is 381. The van der Waals surface area contributed by atoms with Gasteiger partial charge in [0.25, 0.3) is 0 Å². The van der Waals surface area contributed by atoms with Crippen molar-refractivity contribution in [3.63, 3.8) is 0 Å². The summed E-state index contributed by atoms with van der Waals surface area (Å²) in [4.78, 5) is 13.8. The summed E-state index contributed by atoms with van der Waals surface area (Å²) < 4.78 is 0. The molecule has 0 unspecified atom stereocenters. The summed E-state index contributed by atoms with van der Waals surface area (Å²) in [6.45, 7) is 3.60. The minimum Gasteiger partial charge on any atom is -0.481 e. The summed E-state index contributed by atoms with van der Waals surface area (Å²) >= 11 is 1.82. The molecular weight excluding hydrogens is 220 g/mol. The van der Waals surface area contributed by atoms with Gasteiger partial charge < -0.3 is 5.11 Å². The fourth-order valence-electron chi connectivity index (χ4n) is 2.15. The molecule has 0 atom stereocenters. The Morgan fingerprint density at radius 2 is 2.12 bits per heavy atom. The van der Waals surface area contributed by atoms with E-state index in [2.05, 4.69) is 6.07 Å². The summed E-state index contributed by atoms with van der Waals surface area (Å²) in [6.07, 6.45) is 5.59. The Kier molecular flexibility index (Phi) is 3.06. The third-order valence-electron chi connectivity index (χ3n) is 3.24. The maximum Gasteiger partial charge on any atom is 0.309 e. The first kappa shape index (κ1) is 11.6. The molecule has 1 aliphatic carbocycles. The molecule has 1 aliphatic rings. The van der Waals surface area contributed by atoms with Crippen LogP contribution in [0.25, 0.3) is 0 Å². The third kappa shape index (κ3) is 2.29. The molecule has 2 nitrogen and oxygen atoms in total. The molecule has 3 heteroatoms. The number of carboxylic acid groups (broad SMARTS) is 1. The van der Waals surface area contributed by atoms with E-state index < -0.39 is 11.4 Å². The van der Waals surface area contributed by atoms with E-state index in [0.29, 0.717) is 6.42 Å². The van der Waals surface area contributed by atoms with Gasteiger partial charge in [0.05, 0.1) is 5.41 Å². The Hall–Kier alpha value is -0.830. The standard InChI is InChI=1S/C13H18O2S/c1-13(2,12(14)15)8-10-7-9-5-3-4-6-11(9)16-10/h7H,3-6,8H2,1-2H3,(H,14,15). The predicted molar refractivity (Wildman–Crippen MR) is 66.1 cm³/mol. The number of aliphatic carboxylic acids is 1. The topological polar surface area (TPSA) is 37.3 Å². The van der Waals surface area contributed by atoms with Crippen LogP contribution in [0.3, 0.4) is 0 Å². The van der Waals surface area contributed by atoms with Crippen molar-refractivity contribution in [1.29, 1.82) is 0 Å². The van der Waals surface area contributed by atoms with Gasteiger partial charge in [-0.1, -0.05) is 0 Å². The highest BCUT2D eigenvalue weighted by Crippen LogP contribution is 2.33. The second-order valence-corrected chi connectivity index (χ2v) is 6.46. The Morgan fingerprint density at radius 3 is 2.75 bits per heavy atom. The molecule has 1 aromatic rings. The number of aryl methyl sites for hydroxylation is 2. The highest BCUT2D eigenvalue weighted by Gasteiger charge is 2.28. The molecule has 0 saturated heterocycles. The highest BCUT2D eigenvalue weighted by molar-refractivity contribution is 7.12. The molecule has 0 bridgehead atoms. The van der Waals surface area contributed by atoms with E-state index in [1.54, 1.807) is 13.8 Å². The molecule has 0 spiro atoms. The van der Waals surface area contributed by atoms with Crippen molar-refractivity contribution >= 4 is 17.3 Å². The minimum atomic E-state index is -0.709. The lowest BCUT2D eigenvalue weighted by Gasteiger charge is -2.17. The molecule has 16 heavy (non-hydrogen) atoms. The SMILES string of the molecule is CC(C)(Cc1cc2c(s1)CCCC2)C(=O)O. The molecular formula is C13H18O2S. The van der Waals surface area contributed by atoms with Crippen LogP contribution in [0.4, 0.5) is 0 Å². The van der Waals surface area contributed by atoms with E-state index in [9.17, 15) is 4.79 Å². The maximum absolute atomic E-state index is 11.1. The number of hydrogen-bond acceptors (Lipinski definition) is 2. The first-order chi connectivity index (χ1) is 7.49. The Morgan fingerprint density at radius 1 is 1.44 bits per heavy atom. The minimum absolute atomic E-state index is 0.645. The molecule has 1 heterocycles. The zero-order chi connectivity index (χ0) is 11.8. The average Bonchev–Trinajstić information content (AvgIpc) is 2.58. The van der Waals surface area contributed by atoms with E-state index in [0.717, 1.165) is 0 Å². The zero-order valence-corrected chi connectivity index (χ0v) is 10.7. The number of carboxylic acids is 1. The van der Waals surface area contributed by atoms with E-state index >= 15 is 0 Å². The molecule has 0 aliphatic heterocycles. The van der Waals surface area contributed by atoms with Crippen molar-refractivity contribution < 1.29 is 9.90 Å². The highest BCUT2D eigenvalue weighted by atomic mass is 32.1. The van der Waals surface area contributed by atoms with E-state index in [-0.39, 0.29) is 0 Å². The number of thiophene rings is 1. The molecule has 0 saturated carbocycles. The van der Waals surface area contributed by atoms with Gasteiger partial charge >= 0.3 is 5.97 Å². The van der Waals surface area contributed by atoms with E-state index in [1.165, 1.54) is 41.0 Å². The molecule has 1 aromatic heterocycles. The van der Waals surface area contributed by atoms with Crippen LogP contribution >= 0.6 is 11.3 Å². The van der Waals surface area contributed by atoms with Crippen LogP contribution in [0.2, 0.25) is 0 Å². The largest absolute Gasteiger partial charge is 0.481 e. The van der Waals surface area contributed by atoms with Crippen molar-refractivity contribution in [1.82, 2.24) is 0 Å². The van der Waals surface area contributed by atoms with E-state index in [1.807, 2.05) is 11.3 Å². The Labute approximate surface area is 100 Å². The van der Waals surface area contributed by atoms with Gasteiger partial charge in [-0.05, 0) is 57.6 Å². The fraction of sp³-hybridized carbons (Fsp3) is 0.615. The van der Waals surface area contributed by atoms with E-state index in [4.69, 9.17) is 5.11 Å². The monoisotopic (exact) mass is 238 g/mol. The molecule has 0 radical (unpaired) electrons. The van der Waals surface area contributed by atoms with Crippen LogP contribution in [0.1, 0.15) is 42.0 Å². The lowest BCUT2D eigenvalue weighted by Crippen LogP contribution is -2.25. The average molecular weight is 238 g/mol. The van der Waals surface area contributed by atoms with Crippen molar-refractivity contribution in [2.45, 2.75) is 46.0 Å². The summed E-state index contributed by atoms with van der Waals surface area (Å²) in [7, 11) is 0. The molecule has 0 amide bonds. The summed E-state index contributed by atoms with van der Waals surface area (Å²) in [5.74, 6) is -0.709. The van der Waals surface area contributed by atoms with Gasteiger partial charge in [0.1, 0.15) is 0 Å². The maximum atomic E-state index is 11.1. The second kappa shape index (κ2) is 4.21. The van der Waals surface area contributed by atoms with Gasteiger partial charge in [0, 0.05) is 9.75 Å². The van der Waals surface area contributed by atoms with Crippen LogP contribution in [0.5, 0.6) is 0 Å². The van der Waals surface area contributed by atoms with Crippen LogP contribution in [-0.2, 0) is 24.1 Å². The lowest BCUT2D eigenvalue weighted by molar-refractivity contribution is -0.146. The van der Waals surface area contributed by atoms with Gasteiger partial charge in [-0.25, -0.2) is 0 Å². The fourth-order valence-corrected chi connectivity index (χ4v) is 3.64. The van der Waals surface area contributed by atoms with Crippen molar-refractivity contribution in [3.05, 3.63) is 21.4 Å². The van der Waals surface area contributed by atoms with Gasteiger partial charge in [-0.15, -0.1) is 11.3 Å². The smallest absolute Gasteiger partial charge is 0.309 e. The number of rotatable bonds is 3. The number of fused-ring (bicyclic) bond motifs is 1. The molecule has 0 aromatic carbocycles. The molecule has 88 valence electrons. The predicted octanol–water partition coefficient (Wildman–Crippen LogP) is 3.28. The number of carbonyl (C=O) groups is 1. The van der Waals surface area contributed by atoms with Crippen LogP contribution in [0, 0.1) is 5.41 Å². The normalized spacial score (nSPS) is 15.9. The first-order valence-electron chi connectivity index (χ1n) is 5.83. The molecule has 1 N–H and O–H groups in total. The van der Waals surface area contributed by atoms with Gasteiger partial charge in [-0.3, -0.25) is 4.79 Å². The number of hydrogen-bond donors (Lipinski definition) is 1. The van der Waals surface area contributed by atoms with Gasteiger partial charge in [0.15, 0.2) is 0 Å². The quantitative estimate of drug-likeness (QED) is 0.877. The zero-order valence-electron chi connectivity index (χ0n) is 9.88. The summed E-state index contributed by atoms with van der Waals surface area (Å²) in [5, 5.41) is 9.11. The van der Waals surface area contributed by atoms with Crippen molar-refractivity contribution in [2.24, 2.45) is 5.41 Å². The van der Waals surface area contributed by atoms with Gasteiger partial charge in [-0.2, -0.15) is 0 Å². The van der Waals surface area contributed by atoms with Crippen LogP contribution in [-0.4, -0.2) is 11.1 Å². The van der Waals surface area contributed by atoms with Gasteiger partial charge in [0.2, 0.25) is 0 Å². The van der Waals surface area contributed by atoms with Crippen LogP contribution < -0.4 is 0 Å². The second-order valence-electron chi connectivity index (χ2n) is 5.23.